The first-order valence-corrected chi connectivity index (χ1v) is 4.05. The summed E-state index contributed by atoms with van der Waals surface area (Å²) in [4.78, 5) is 0. The minimum absolute atomic E-state index is 0.497. The molecule has 0 unspecified atom stereocenters. The Kier molecular flexibility index (Phi) is 1.98. The van der Waals surface area contributed by atoms with Gasteiger partial charge in [0.2, 0.25) is 0 Å². The van der Waals surface area contributed by atoms with E-state index in [1.54, 1.807) is 6.20 Å². The van der Waals surface area contributed by atoms with Crippen molar-refractivity contribution in [1.82, 2.24) is 9.78 Å². The van der Waals surface area contributed by atoms with Crippen LogP contribution in [-0.4, -0.2) is 9.78 Å². The summed E-state index contributed by atoms with van der Waals surface area (Å²) in [7, 11) is 0. The Balaban J connectivity index is 2.61. The zero-order valence-electron chi connectivity index (χ0n) is 7.07. The molecule has 2 N–H and O–H groups in total. The summed E-state index contributed by atoms with van der Waals surface area (Å²) in [6.45, 7) is -0.0950. The SMILES string of the molecule is NCc1ccc2c(cnn2CF)c1. The van der Waals surface area contributed by atoms with E-state index in [2.05, 4.69) is 5.10 Å². The van der Waals surface area contributed by atoms with Gasteiger partial charge in [0.1, 0.15) is 0 Å². The fraction of sp³-hybridized carbons (Fsp3) is 0.222. The molecule has 2 rings (SSSR count). The van der Waals surface area contributed by atoms with Crippen molar-refractivity contribution in [3.05, 3.63) is 30.0 Å². The highest BCUT2D eigenvalue weighted by molar-refractivity contribution is 5.79. The molecule has 0 bridgehead atoms. The molecule has 0 amide bonds. The molecular formula is C9H10FN3. The maximum Gasteiger partial charge on any atom is 0.182 e. The maximum absolute atomic E-state index is 12.3. The van der Waals surface area contributed by atoms with E-state index in [9.17, 15) is 4.39 Å². The van der Waals surface area contributed by atoms with Gasteiger partial charge in [0, 0.05) is 11.9 Å². The zero-order valence-corrected chi connectivity index (χ0v) is 7.07. The average Bonchev–Trinajstić information content (AvgIpc) is 2.59. The van der Waals surface area contributed by atoms with E-state index < -0.39 is 6.80 Å². The molecule has 1 aromatic heterocycles. The number of hydrogen-bond donors (Lipinski definition) is 1. The fourth-order valence-electron chi connectivity index (χ4n) is 1.36. The van der Waals surface area contributed by atoms with Crippen molar-refractivity contribution < 1.29 is 4.39 Å². The van der Waals surface area contributed by atoms with Crippen LogP contribution in [0, 0.1) is 0 Å². The van der Waals surface area contributed by atoms with Crippen molar-refractivity contribution >= 4 is 10.9 Å². The Bertz CT molecular complexity index is 422. The summed E-state index contributed by atoms with van der Waals surface area (Å²) >= 11 is 0. The normalized spacial score (nSPS) is 10.9. The van der Waals surface area contributed by atoms with E-state index in [-0.39, 0.29) is 0 Å². The minimum atomic E-state index is -0.592. The minimum Gasteiger partial charge on any atom is -0.326 e. The molecule has 0 aliphatic rings. The number of hydrogen-bond acceptors (Lipinski definition) is 2. The molecule has 3 nitrogen and oxygen atoms in total. The summed E-state index contributed by atoms with van der Waals surface area (Å²) in [6, 6.07) is 5.65. The molecule has 0 aliphatic carbocycles. The predicted octanol–water partition coefficient (Wildman–Crippen LogP) is 1.42. The lowest BCUT2D eigenvalue weighted by atomic mass is 10.2. The topological polar surface area (TPSA) is 43.8 Å². The third-order valence-corrected chi connectivity index (χ3v) is 2.06. The van der Waals surface area contributed by atoms with Gasteiger partial charge in [-0.3, -0.25) is 0 Å². The van der Waals surface area contributed by atoms with Gasteiger partial charge in [-0.15, -0.1) is 0 Å². The van der Waals surface area contributed by atoms with Crippen molar-refractivity contribution in [3.8, 4) is 0 Å². The highest BCUT2D eigenvalue weighted by Gasteiger charge is 2.01. The van der Waals surface area contributed by atoms with Crippen LogP contribution in [0.4, 0.5) is 4.39 Å². The van der Waals surface area contributed by atoms with Crippen molar-refractivity contribution in [3.63, 3.8) is 0 Å². The van der Waals surface area contributed by atoms with Crippen LogP contribution < -0.4 is 5.73 Å². The summed E-state index contributed by atoms with van der Waals surface area (Å²) in [6.07, 6.45) is 1.65. The van der Waals surface area contributed by atoms with Crippen LogP contribution in [0.1, 0.15) is 5.56 Å². The predicted molar refractivity (Wildman–Crippen MR) is 48.7 cm³/mol. The van der Waals surface area contributed by atoms with Gasteiger partial charge in [-0.05, 0) is 17.7 Å². The number of halogens is 1. The van der Waals surface area contributed by atoms with Gasteiger partial charge in [-0.1, -0.05) is 6.07 Å². The molecule has 4 heteroatoms. The monoisotopic (exact) mass is 179 g/mol. The van der Waals surface area contributed by atoms with Gasteiger partial charge in [0.25, 0.3) is 0 Å². The Morgan fingerprint density at radius 3 is 3.00 bits per heavy atom. The van der Waals surface area contributed by atoms with E-state index in [0.717, 1.165) is 16.5 Å². The van der Waals surface area contributed by atoms with Gasteiger partial charge in [0.15, 0.2) is 6.80 Å². The van der Waals surface area contributed by atoms with Crippen LogP contribution in [0.2, 0.25) is 0 Å². The van der Waals surface area contributed by atoms with Crippen molar-refractivity contribution in [2.75, 3.05) is 0 Å². The van der Waals surface area contributed by atoms with E-state index in [4.69, 9.17) is 5.73 Å². The van der Waals surface area contributed by atoms with E-state index in [1.807, 2.05) is 18.2 Å². The highest BCUT2D eigenvalue weighted by atomic mass is 19.1. The molecule has 0 saturated heterocycles. The lowest BCUT2D eigenvalue weighted by molar-refractivity contribution is 0.358. The molecular weight excluding hydrogens is 169 g/mol. The van der Waals surface area contributed by atoms with Gasteiger partial charge < -0.3 is 5.73 Å². The first kappa shape index (κ1) is 8.19. The summed E-state index contributed by atoms with van der Waals surface area (Å²) < 4.78 is 13.7. The van der Waals surface area contributed by atoms with Crippen LogP contribution in [-0.2, 0) is 13.3 Å². The quantitative estimate of drug-likeness (QED) is 0.757. The number of nitrogens with zero attached hydrogens (tertiary/aromatic N) is 2. The standard InChI is InChI=1S/C9H10FN3/c10-6-13-9-2-1-7(4-11)3-8(9)5-12-13/h1-3,5H,4,6,11H2. The molecule has 2 aromatic rings. The first-order chi connectivity index (χ1) is 6.35. The molecule has 68 valence electrons. The third kappa shape index (κ3) is 1.29. The third-order valence-electron chi connectivity index (χ3n) is 2.06. The number of alkyl halides is 1. The number of benzene rings is 1. The van der Waals surface area contributed by atoms with Crippen LogP contribution in [0.5, 0.6) is 0 Å². The molecule has 0 fully saturated rings. The summed E-state index contributed by atoms with van der Waals surface area (Å²) in [5, 5.41) is 4.82. The molecule has 1 aromatic carbocycles. The summed E-state index contributed by atoms with van der Waals surface area (Å²) in [5.41, 5.74) is 7.32. The second-order valence-electron chi connectivity index (χ2n) is 2.86. The molecule has 0 aliphatic heterocycles. The first-order valence-electron chi connectivity index (χ1n) is 4.05. The van der Waals surface area contributed by atoms with Gasteiger partial charge >= 0.3 is 0 Å². The van der Waals surface area contributed by atoms with Crippen LogP contribution in [0.25, 0.3) is 10.9 Å². The van der Waals surface area contributed by atoms with Crippen LogP contribution in [0.3, 0.4) is 0 Å². The number of fused-ring (bicyclic) bond motifs is 1. The van der Waals surface area contributed by atoms with Crippen molar-refractivity contribution in [1.29, 1.82) is 0 Å². The summed E-state index contributed by atoms with van der Waals surface area (Å²) in [5.74, 6) is 0. The van der Waals surface area contributed by atoms with E-state index in [0.29, 0.717) is 6.54 Å². The molecule has 0 saturated carbocycles. The molecule has 0 spiro atoms. The number of aromatic nitrogens is 2. The molecule has 0 atom stereocenters. The van der Waals surface area contributed by atoms with E-state index >= 15 is 0 Å². The lowest BCUT2D eigenvalue weighted by Gasteiger charge is -1.98. The average molecular weight is 179 g/mol. The smallest absolute Gasteiger partial charge is 0.182 e. The second kappa shape index (κ2) is 3.14. The van der Waals surface area contributed by atoms with Gasteiger partial charge in [-0.2, -0.15) is 5.10 Å². The van der Waals surface area contributed by atoms with Gasteiger partial charge in [-0.25, -0.2) is 9.07 Å². The second-order valence-corrected chi connectivity index (χ2v) is 2.86. The Labute approximate surface area is 75.0 Å². The van der Waals surface area contributed by atoms with Crippen molar-refractivity contribution in [2.24, 2.45) is 5.73 Å². The van der Waals surface area contributed by atoms with Crippen LogP contribution >= 0.6 is 0 Å². The Hall–Kier alpha value is -1.42. The molecule has 13 heavy (non-hydrogen) atoms. The van der Waals surface area contributed by atoms with Crippen LogP contribution in [0.15, 0.2) is 24.4 Å². The maximum atomic E-state index is 12.3. The Morgan fingerprint density at radius 1 is 1.46 bits per heavy atom. The number of nitrogens with two attached hydrogens (primary N) is 1. The number of rotatable bonds is 2. The Morgan fingerprint density at radius 2 is 2.31 bits per heavy atom. The lowest BCUT2D eigenvalue weighted by Crippen LogP contribution is -1.96. The molecule has 1 heterocycles. The fourth-order valence-corrected chi connectivity index (χ4v) is 1.36. The van der Waals surface area contributed by atoms with Crippen molar-refractivity contribution in [2.45, 2.75) is 13.3 Å². The molecule has 0 radical (unpaired) electrons. The van der Waals surface area contributed by atoms with E-state index in [1.165, 1.54) is 4.68 Å². The highest BCUT2D eigenvalue weighted by Crippen LogP contribution is 2.15. The zero-order chi connectivity index (χ0) is 9.26. The largest absolute Gasteiger partial charge is 0.326 e. The van der Waals surface area contributed by atoms with Gasteiger partial charge in [0.05, 0.1) is 11.7 Å².